The van der Waals surface area contributed by atoms with Crippen LogP contribution >= 0.6 is 0 Å². The fourth-order valence-electron chi connectivity index (χ4n) is 1.93. The van der Waals surface area contributed by atoms with Crippen molar-refractivity contribution in [1.82, 2.24) is 0 Å². The van der Waals surface area contributed by atoms with Crippen LogP contribution in [0.5, 0.6) is 0 Å². The standard InChI is InChI=1S/C12H16N2O4/c13-11(17)9-2-1-7(3-5-15)10(12(14)18)8(9)4-6-16/h1-2,15-16H,3-6H2,(H2,13,17)(H2,14,18). The van der Waals surface area contributed by atoms with Gasteiger partial charge >= 0.3 is 0 Å². The van der Waals surface area contributed by atoms with Crippen molar-refractivity contribution in [3.8, 4) is 0 Å². The molecule has 0 aliphatic heterocycles. The van der Waals surface area contributed by atoms with E-state index in [-0.39, 0.29) is 37.2 Å². The van der Waals surface area contributed by atoms with Gasteiger partial charge in [0, 0.05) is 24.3 Å². The van der Waals surface area contributed by atoms with E-state index in [2.05, 4.69) is 0 Å². The minimum absolute atomic E-state index is 0.107. The van der Waals surface area contributed by atoms with Gasteiger partial charge in [0.25, 0.3) is 0 Å². The number of carbonyl (C=O) groups excluding carboxylic acids is 2. The Morgan fingerprint density at radius 1 is 1.00 bits per heavy atom. The summed E-state index contributed by atoms with van der Waals surface area (Å²) in [5.74, 6) is -1.39. The van der Waals surface area contributed by atoms with Crippen molar-refractivity contribution in [3.63, 3.8) is 0 Å². The van der Waals surface area contributed by atoms with E-state index >= 15 is 0 Å². The zero-order chi connectivity index (χ0) is 13.7. The summed E-state index contributed by atoms with van der Waals surface area (Å²) in [6.07, 6.45) is 0.353. The molecule has 0 aliphatic carbocycles. The normalized spacial score (nSPS) is 10.3. The molecule has 0 bridgehead atoms. The van der Waals surface area contributed by atoms with E-state index in [0.29, 0.717) is 11.1 Å². The Morgan fingerprint density at radius 3 is 2.06 bits per heavy atom. The Labute approximate surface area is 104 Å². The first-order valence-corrected chi connectivity index (χ1v) is 5.49. The fraction of sp³-hybridized carbons (Fsp3) is 0.333. The topological polar surface area (TPSA) is 127 Å². The molecule has 6 N–H and O–H groups in total. The smallest absolute Gasteiger partial charge is 0.249 e. The van der Waals surface area contributed by atoms with Crippen LogP contribution < -0.4 is 11.5 Å². The average molecular weight is 252 g/mol. The number of hydrogen-bond donors (Lipinski definition) is 4. The maximum atomic E-state index is 11.5. The number of aliphatic hydroxyl groups excluding tert-OH is 2. The van der Waals surface area contributed by atoms with Crippen molar-refractivity contribution in [1.29, 1.82) is 0 Å². The molecule has 0 aliphatic rings. The SMILES string of the molecule is NC(=O)c1ccc(CCO)c(C(N)=O)c1CCO. The first-order chi connectivity index (χ1) is 8.52. The van der Waals surface area contributed by atoms with Crippen LogP contribution in [-0.4, -0.2) is 35.2 Å². The predicted molar refractivity (Wildman–Crippen MR) is 65.1 cm³/mol. The molecular formula is C12H16N2O4. The molecule has 2 amide bonds. The minimum atomic E-state index is -0.704. The molecule has 0 saturated heterocycles. The maximum absolute atomic E-state index is 11.5. The van der Waals surface area contributed by atoms with Crippen LogP contribution in [0.15, 0.2) is 12.1 Å². The highest BCUT2D eigenvalue weighted by Crippen LogP contribution is 2.20. The van der Waals surface area contributed by atoms with Crippen molar-refractivity contribution >= 4 is 11.8 Å². The number of hydrogen-bond acceptors (Lipinski definition) is 4. The Bertz CT molecular complexity index is 471. The second-order valence-electron chi connectivity index (χ2n) is 3.80. The van der Waals surface area contributed by atoms with E-state index in [4.69, 9.17) is 21.7 Å². The summed E-state index contributed by atoms with van der Waals surface area (Å²) in [6, 6.07) is 3.02. The van der Waals surface area contributed by atoms with Gasteiger partial charge in [-0.15, -0.1) is 0 Å². The van der Waals surface area contributed by atoms with E-state index in [1.807, 2.05) is 0 Å². The Kier molecular flexibility index (Phi) is 4.82. The van der Waals surface area contributed by atoms with E-state index in [1.54, 1.807) is 0 Å². The molecule has 0 aromatic heterocycles. The monoisotopic (exact) mass is 252 g/mol. The lowest BCUT2D eigenvalue weighted by molar-refractivity contribution is 0.0998. The molecule has 0 fully saturated rings. The number of aliphatic hydroxyl groups is 2. The van der Waals surface area contributed by atoms with Gasteiger partial charge in [-0.3, -0.25) is 9.59 Å². The highest BCUT2D eigenvalue weighted by Gasteiger charge is 2.19. The van der Waals surface area contributed by atoms with Crippen LogP contribution in [0.25, 0.3) is 0 Å². The molecule has 6 heteroatoms. The maximum Gasteiger partial charge on any atom is 0.249 e. The van der Waals surface area contributed by atoms with Gasteiger partial charge in [-0.1, -0.05) is 6.07 Å². The largest absolute Gasteiger partial charge is 0.396 e. The van der Waals surface area contributed by atoms with Crippen molar-refractivity contribution in [2.45, 2.75) is 12.8 Å². The summed E-state index contributed by atoms with van der Waals surface area (Å²) in [5, 5.41) is 17.9. The summed E-state index contributed by atoms with van der Waals surface area (Å²) in [4.78, 5) is 22.8. The van der Waals surface area contributed by atoms with Crippen LogP contribution in [0.1, 0.15) is 31.8 Å². The van der Waals surface area contributed by atoms with Gasteiger partial charge in [-0.05, 0) is 30.0 Å². The number of amides is 2. The Balaban J connectivity index is 3.48. The van der Waals surface area contributed by atoms with Crippen LogP contribution in [0.4, 0.5) is 0 Å². The van der Waals surface area contributed by atoms with Crippen molar-refractivity contribution in [2.75, 3.05) is 13.2 Å². The zero-order valence-electron chi connectivity index (χ0n) is 9.85. The molecule has 0 spiro atoms. The lowest BCUT2D eigenvalue weighted by atomic mass is 9.91. The van der Waals surface area contributed by atoms with E-state index in [1.165, 1.54) is 12.1 Å². The highest BCUT2D eigenvalue weighted by atomic mass is 16.3. The van der Waals surface area contributed by atoms with E-state index < -0.39 is 11.8 Å². The summed E-state index contributed by atoms with van der Waals surface area (Å²) >= 11 is 0. The molecule has 1 rings (SSSR count). The van der Waals surface area contributed by atoms with Crippen molar-refractivity contribution < 1.29 is 19.8 Å². The second kappa shape index (κ2) is 6.13. The molecule has 1 aromatic rings. The third kappa shape index (κ3) is 2.85. The molecule has 98 valence electrons. The first kappa shape index (κ1) is 14.1. The molecular weight excluding hydrogens is 236 g/mol. The number of primary amides is 2. The zero-order valence-corrected chi connectivity index (χ0v) is 9.85. The van der Waals surface area contributed by atoms with Gasteiger partial charge in [0.15, 0.2) is 0 Å². The first-order valence-electron chi connectivity index (χ1n) is 5.49. The Hall–Kier alpha value is -1.92. The highest BCUT2D eigenvalue weighted by molar-refractivity contribution is 6.02. The van der Waals surface area contributed by atoms with Crippen LogP contribution in [0.2, 0.25) is 0 Å². The second-order valence-corrected chi connectivity index (χ2v) is 3.80. The van der Waals surface area contributed by atoms with Crippen molar-refractivity contribution in [2.24, 2.45) is 11.5 Å². The predicted octanol–water partition coefficient (Wildman–Crippen LogP) is -1.05. The number of rotatable bonds is 6. The summed E-state index contributed by atoms with van der Waals surface area (Å²) < 4.78 is 0. The van der Waals surface area contributed by atoms with Crippen LogP contribution in [-0.2, 0) is 12.8 Å². The molecule has 0 radical (unpaired) electrons. The lowest BCUT2D eigenvalue weighted by Gasteiger charge is -2.14. The van der Waals surface area contributed by atoms with Gasteiger partial charge in [0.1, 0.15) is 0 Å². The van der Waals surface area contributed by atoms with Crippen LogP contribution in [0.3, 0.4) is 0 Å². The summed E-state index contributed by atoms with van der Waals surface area (Å²) in [5.41, 5.74) is 11.7. The molecule has 0 saturated carbocycles. The van der Waals surface area contributed by atoms with Crippen molar-refractivity contribution in [3.05, 3.63) is 34.4 Å². The number of benzene rings is 1. The molecule has 0 atom stereocenters. The molecule has 0 unspecified atom stereocenters. The summed E-state index contributed by atoms with van der Waals surface area (Å²) in [7, 11) is 0. The number of nitrogens with two attached hydrogens (primary N) is 2. The molecule has 18 heavy (non-hydrogen) atoms. The van der Waals surface area contributed by atoms with Gasteiger partial charge in [0.05, 0.1) is 0 Å². The molecule has 6 nitrogen and oxygen atoms in total. The summed E-state index contributed by atoms with van der Waals surface area (Å²) in [6.45, 7) is -0.377. The van der Waals surface area contributed by atoms with E-state index in [0.717, 1.165) is 0 Å². The lowest BCUT2D eigenvalue weighted by Crippen LogP contribution is -2.22. The quantitative estimate of drug-likeness (QED) is 0.515. The number of carbonyl (C=O) groups is 2. The van der Waals surface area contributed by atoms with Gasteiger partial charge in [-0.25, -0.2) is 0 Å². The average Bonchev–Trinajstić information content (AvgIpc) is 2.29. The fourth-order valence-corrected chi connectivity index (χ4v) is 1.93. The third-order valence-electron chi connectivity index (χ3n) is 2.65. The minimum Gasteiger partial charge on any atom is -0.396 e. The van der Waals surface area contributed by atoms with Gasteiger partial charge in [-0.2, -0.15) is 0 Å². The third-order valence-corrected chi connectivity index (χ3v) is 2.65. The van der Waals surface area contributed by atoms with Crippen LogP contribution in [0, 0.1) is 0 Å². The molecule has 0 heterocycles. The Morgan fingerprint density at radius 2 is 1.61 bits per heavy atom. The van der Waals surface area contributed by atoms with Gasteiger partial charge < -0.3 is 21.7 Å². The van der Waals surface area contributed by atoms with Gasteiger partial charge in [0.2, 0.25) is 11.8 Å². The molecule has 1 aromatic carbocycles. The van der Waals surface area contributed by atoms with E-state index in [9.17, 15) is 9.59 Å².